The van der Waals surface area contributed by atoms with Gasteiger partial charge in [0.2, 0.25) is 6.79 Å². The van der Waals surface area contributed by atoms with E-state index in [2.05, 4.69) is 0 Å². The van der Waals surface area contributed by atoms with Gasteiger partial charge >= 0.3 is 5.97 Å². The second kappa shape index (κ2) is 7.46. The number of nitrogen functional groups attached to an aromatic ring is 1. The van der Waals surface area contributed by atoms with Crippen LogP contribution in [0.2, 0.25) is 0 Å². The minimum Gasteiger partial charge on any atom is -0.459 e. The highest BCUT2D eigenvalue weighted by atomic mass is 16.7. The Morgan fingerprint density at radius 1 is 1.16 bits per heavy atom. The zero-order chi connectivity index (χ0) is 21.5. The minimum absolute atomic E-state index is 0.205. The summed E-state index contributed by atoms with van der Waals surface area (Å²) in [6.45, 7) is 4.40. The van der Waals surface area contributed by atoms with E-state index in [-0.39, 0.29) is 24.3 Å². The zero-order valence-corrected chi connectivity index (χ0v) is 17.3. The van der Waals surface area contributed by atoms with Gasteiger partial charge in [0.1, 0.15) is 16.9 Å². The number of nitrogens with two attached hydrogens (primary N) is 1. The summed E-state index contributed by atoms with van der Waals surface area (Å²) in [7, 11) is 0. The lowest BCUT2D eigenvalue weighted by Crippen LogP contribution is -2.16. The van der Waals surface area contributed by atoms with E-state index >= 15 is 0 Å². The Kier molecular flexibility index (Phi) is 4.62. The second-order valence-corrected chi connectivity index (χ2v) is 7.54. The highest BCUT2D eigenvalue weighted by Gasteiger charge is 2.26. The van der Waals surface area contributed by atoms with Crippen molar-refractivity contribution in [1.82, 2.24) is 14.5 Å². The summed E-state index contributed by atoms with van der Waals surface area (Å²) in [4.78, 5) is 22.5. The van der Waals surface area contributed by atoms with Crippen molar-refractivity contribution in [3.8, 4) is 11.5 Å². The van der Waals surface area contributed by atoms with Crippen LogP contribution in [0.3, 0.4) is 0 Å². The molecule has 8 heteroatoms. The fraction of sp³-hybridized carbons (Fsp3) is 0.261. The van der Waals surface area contributed by atoms with Gasteiger partial charge in [0.15, 0.2) is 17.1 Å². The van der Waals surface area contributed by atoms with Crippen LogP contribution in [0.25, 0.3) is 22.2 Å². The van der Waals surface area contributed by atoms with Crippen LogP contribution in [-0.4, -0.2) is 33.4 Å². The molecular weight excluding hydrogens is 396 g/mol. The highest BCUT2D eigenvalue weighted by Crippen LogP contribution is 2.34. The Balaban J connectivity index is 1.66. The van der Waals surface area contributed by atoms with Crippen LogP contribution in [0.4, 0.5) is 5.82 Å². The minimum atomic E-state index is -0.495. The predicted molar refractivity (Wildman–Crippen MR) is 116 cm³/mol. The van der Waals surface area contributed by atoms with E-state index in [9.17, 15) is 4.79 Å². The summed E-state index contributed by atoms with van der Waals surface area (Å²) in [6, 6.07) is 13.2. The normalized spacial score (nSPS) is 13.6. The number of carbonyl (C=O) groups excluding carboxylic acids is 1. The molecule has 0 spiro atoms. The molecule has 0 amide bonds. The maximum atomic E-state index is 13.0. The van der Waals surface area contributed by atoms with E-state index in [1.165, 1.54) is 0 Å². The third-order valence-electron chi connectivity index (χ3n) is 5.46. The number of para-hydroxylation sites is 2. The highest BCUT2D eigenvalue weighted by molar-refractivity contribution is 6.08. The van der Waals surface area contributed by atoms with Gasteiger partial charge in [-0.25, -0.2) is 14.8 Å². The first-order chi connectivity index (χ1) is 15.0. The van der Waals surface area contributed by atoms with Crippen LogP contribution in [0.1, 0.15) is 36.2 Å². The SMILES string of the molecule is CC[C@H](C)OC(=O)c1c(N)n(Cc2ccc3c(c2)OCO3)c2nc3ccccc3nc12. The molecule has 1 aliphatic heterocycles. The van der Waals surface area contributed by atoms with Crippen LogP contribution < -0.4 is 15.2 Å². The van der Waals surface area contributed by atoms with E-state index in [0.717, 1.165) is 11.1 Å². The van der Waals surface area contributed by atoms with Gasteiger partial charge in [-0.2, -0.15) is 0 Å². The van der Waals surface area contributed by atoms with Gasteiger partial charge in [-0.3, -0.25) is 0 Å². The largest absolute Gasteiger partial charge is 0.459 e. The molecule has 0 saturated heterocycles. The van der Waals surface area contributed by atoms with Crippen LogP contribution >= 0.6 is 0 Å². The van der Waals surface area contributed by atoms with Crippen molar-refractivity contribution in [2.75, 3.05) is 12.5 Å². The summed E-state index contributed by atoms with van der Waals surface area (Å²) >= 11 is 0. The van der Waals surface area contributed by atoms with E-state index < -0.39 is 5.97 Å². The van der Waals surface area contributed by atoms with E-state index in [0.29, 0.717) is 41.1 Å². The number of aromatic nitrogens is 3. The van der Waals surface area contributed by atoms with Gasteiger partial charge in [0.25, 0.3) is 0 Å². The molecule has 158 valence electrons. The molecule has 0 unspecified atom stereocenters. The molecule has 3 heterocycles. The molecule has 0 saturated carbocycles. The molecule has 0 aliphatic carbocycles. The number of hydrogen-bond donors (Lipinski definition) is 1. The fourth-order valence-electron chi connectivity index (χ4n) is 3.63. The molecule has 1 atom stereocenters. The summed E-state index contributed by atoms with van der Waals surface area (Å²) in [5, 5.41) is 0. The smallest absolute Gasteiger partial charge is 0.344 e. The summed E-state index contributed by atoms with van der Waals surface area (Å²) in [6.07, 6.45) is 0.475. The predicted octanol–water partition coefficient (Wildman–Crippen LogP) is 3.90. The van der Waals surface area contributed by atoms with Gasteiger partial charge in [0.05, 0.1) is 23.7 Å². The first kappa shape index (κ1) is 19.2. The number of fused-ring (bicyclic) bond motifs is 3. The van der Waals surface area contributed by atoms with Crippen LogP contribution in [-0.2, 0) is 11.3 Å². The van der Waals surface area contributed by atoms with E-state index in [1.807, 2.05) is 56.3 Å². The lowest BCUT2D eigenvalue weighted by Gasteiger charge is -2.11. The van der Waals surface area contributed by atoms with Crippen molar-refractivity contribution in [3.05, 3.63) is 53.6 Å². The molecule has 31 heavy (non-hydrogen) atoms. The summed E-state index contributed by atoms with van der Waals surface area (Å²) < 4.78 is 18.2. The number of nitrogens with zero attached hydrogens (tertiary/aromatic N) is 3. The molecule has 5 rings (SSSR count). The number of anilines is 1. The quantitative estimate of drug-likeness (QED) is 0.491. The van der Waals surface area contributed by atoms with Crippen molar-refractivity contribution in [1.29, 1.82) is 0 Å². The van der Waals surface area contributed by atoms with Crippen LogP contribution in [0, 0.1) is 0 Å². The fourth-order valence-corrected chi connectivity index (χ4v) is 3.63. The topological polar surface area (TPSA) is 101 Å². The molecule has 0 radical (unpaired) electrons. The van der Waals surface area contributed by atoms with Crippen molar-refractivity contribution in [3.63, 3.8) is 0 Å². The van der Waals surface area contributed by atoms with Gasteiger partial charge < -0.3 is 24.5 Å². The van der Waals surface area contributed by atoms with Gasteiger partial charge in [-0.1, -0.05) is 25.1 Å². The Hall–Kier alpha value is -3.81. The number of carbonyl (C=O) groups is 1. The van der Waals surface area contributed by atoms with E-state index in [1.54, 1.807) is 4.57 Å². The summed E-state index contributed by atoms with van der Waals surface area (Å²) in [5.74, 6) is 1.17. The number of rotatable bonds is 5. The molecule has 0 fully saturated rings. The maximum Gasteiger partial charge on any atom is 0.344 e. The second-order valence-electron chi connectivity index (χ2n) is 7.54. The lowest BCUT2D eigenvalue weighted by atomic mass is 10.2. The average Bonchev–Trinajstić information content (AvgIpc) is 3.34. The molecule has 2 aromatic heterocycles. The molecular formula is C23H22N4O4. The van der Waals surface area contributed by atoms with E-state index in [4.69, 9.17) is 29.9 Å². The van der Waals surface area contributed by atoms with Crippen molar-refractivity contribution in [2.24, 2.45) is 0 Å². The van der Waals surface area contributed by atoms with Crippen LogP contribution in [0.5, 0.6) is 11.5 Å². The maximum absolute atomic E-state index is 13.0. The number of ether oxygens (including phenoxy) is 3. The third kappa shape index (κ3) is 3.30. The summed E-state index contributed by atoms with van der Waals surface area (Å²) in [5.41, 5.74) is 10.0. The lowest BCUT2D eigenvalue weighted by molar-refractivity contribution is 0.0338. The number of benzene rings is 2. The van der Waals surface area contributed by atoms with Crippen LogP contribution in [0.15, 0.2) is 42.5 Å². The Bertz CT molecular complexity index is 1310. The Morgan fingerprint density at radius 2 is 1.90 bits per heavy atom. The molecule has 2 N–H and O–H groups in total. The van der Waals surface area contributed by atoms with Crippen molar-refractivity contribution in [2.45, 2.75) is 32.9 Å². The standard InChI is InChI=1S/C23H22N4O4/c1-3-13(2)31-23(28)19-20-22(26-16-7-5-4-6-15(16)25-20)27(21(19)24)11-14-8-9-17-18(10-14)30-12-29-17/h4-10,13H,3,11-12,24H2,1-2H3/t13-/m0/s1. The monoisotopic (exact) mass is 418 g/mol. The molecule has 4 aromatic rings. The first-order valence-corrected chi connectivity index (χ1v) is 10.2. The number of hydrogen-bond acceptors (Lipinski definition) is 7. The van der Waals surface area contributed by atoms with Crippen molar-refractivity contribution >= 4 is 34.0 Å². The average molecular weight is 418 g/mol. The van der Waals surface area contributed by atoms with Gasteiger partial charge in [-0.15, -0.1) is 0 Å². The first-order valence-electron chi connectivity index (χ1n) is 10.2. The van der Waals surface area contributed by atoms with Gasteiger partial charge in [0, 0.05) is 0 Å². The molecule has 8 nitrogen and oxygen atoms in total. The molecule has 1 aliphatic rings. The third-order valence-corrected chi connectivity index (χ3v) is 5.46. The molecule has 0 bridgehead atoms. The Labute approximate surface area is 178 Å². The Morgan fingerprint density at radius 3 is 2.68 bits per heavy atom. The molecule has 2 aromatic carbocycles. The van der Waals surface area contributed by atoms with Gasteiger partial charge in [-0.05, 0) is 43.2 Å². The van der Waals surface area contributed by atoms with Crippen molar-refractivity contribution < 1.29 is 19.0 Å². The number of esters is 1. The zero-order valence-electron chi connectivity index (χ0n) is 17.3.